The van der Waals surface area contributed by atoms with Gasteiger partial charge in [-0.2, -0.15) is 5.10 Å². The molecule has 1 fully saturated rings. The van der Waals surface area contributed by atoms with Crippen molar-refractivity contribution >= 4 is 16.9 Å². The molecule has 0 saturated heterocycles. The predicted octanol–water partition coefficient (Wildman–Crippen LogP) is 1.76. The van der Waals surface area contributed by atoms with Gasteiger partial charge in [0.25, 0.3) is 0 Å². The second-order valence-corrected chi connectivity index (χ2v) is 4.37. The number of rotatable bonds is 2. The van der Waals surface area contributed by atoms with Crippen LogP contribution in [0.1, 0.15) is 17.9 Å². The van der Waals surface area contributed by atoms with Gasteiger partial charge in [-0.15, -0.1) is 0 Å². The Balaban J connectivity index is 2.00. The highest BCUT2D eigenvalue weighted by molar-refractivity contribution is 5.81. The van der Waals surface area contributed by atoms with Crippen LogP contribution in [0, 0.1) is 5.92 Å². The van der Waals surface area contributed by atoms with Crippen LogP contribution in [-0.2, 0) is 11.8 Å². The molecule has 0 bridgehead atoms. The fourth-order valence-electron chi connectivity index (χ4n) is 2.23. The number of carbonyl (C=O) groups is 1. The monoisotopic (exact) mass is 216 g/mol. The zero-order chi connectivity index (χ0) is 11.3. The lowest BCUT2D eigenvalue weighted by Crippen LogP contribution is -1.99. The molecule has 0 unspecified atom stereocenters. The van der Waals surface area contributed by atoms with Crippen LogP contribution in [0.3, 0.4) is 0 Å². The summed E-state index contributed by atoms with van der Waals surface area (Å²) in [5.74, 6) is -0.683. The first kappa shape index (κ1) is 9.39. The van der Waals surface area contributed by atoms with Gasteiger partial charge in [-0.1, -0.05) is 12.1 Å². The van der Waals surface area contributed by atoms with E-state index in [1.54, 1.807) is 0 Å². The van der Waals surface area contributed by atoms with Crippen molar-refractivity contribution in [3.05, 3.63) is 30.0 Å². The van der Waals surface area contributed by atoms with E-state index in [9.17, 15) is 4.79 Å². The number of carboxylic acid groups (broad SMARTS) is 1. The van der Waals surface area contributed by atoms with E-state index >= 15 is 0 Å². The van der Waals surface area contributed by atoms with Gasteiger partial charge in [0.15, 0.2) is 0 Å². The fraction of sp³-hybridized carbons (Fsp3) is 0.333. The van der Waals surface area contributed by atoms with Gasteiger partial charge in [0.2, 0.25) is 0 Å². The summed E-state index contributed by atoms with van der Waals surface area (Å²) < 4.78 is 1.82. The Labute approximate surface area is 92.5 Å². The molecule has 2 aromatic rings. The molecule has 0 amide bonds. The average Bonchev–Trinajstić information content (AvgIpc) is 2.99. The third-order valence-corrected chi connectivity index (χ3v) is 3.31. The summed E-state index contributed by atoms with van der Waals surface area (Å²) in [7, 11) is 1.90. The van der Waals surface area contributed by atoms with Gasteiger partial charge in [0.1, 0.15) is 0 Å². The van der Waals surface area contributed by atoms with Crippen LogP contribution < -0.4 is 0 Å². The van der Waals surface area contributed by atoms with Crippen LogP contribution in [0.25, 0.3) is 10.9 Å². The number of benzene rings is 1. The number of carboxylic acids is 1. The molecule has 1 heterocycles. The summed E-state index contributed by atoms with van der Waals surface area (Å²) in [6.07, 6.45) is 2.58. The van der Waals surface area contributed by atoms with E-state index < -0.39 is 5.97 Å². The van der Waals surface area contributed by atoms with Crippen molar-refractivity contribution in [3.8, 4) is 0 Å². The van der Waals surface area contributed by atoms with Crippen LogP contribution in [0.4, 0.5) is 0 Å². The van der Waals surface area contributed by atoms with E-state index in [4.69, 9.17) is 5.11 Å². The lowest BCUT2D eigenvalue weighted by Gasteiger charge is -2.00. The molecule has 0 spiro atoms. The Hall–Kier alpha value is -1.84. The van der Waals surface area contributed by atoms with Crippen molar-refractivity contribution in [2.75, 3.05) is 0 Å². The third-order valence-electron chi connectivity index (χ3n) is 3.31. The summed E-state index contributed by atoms with van der Waals surface area (Å²) in [4.78, 5) is 10.8. The SMILES string of the molecule is Cn1ncc2ccc([C@@H]3C[C@H]3C(=O)O)cc21. The van der Waals surface area contributed by atoms with Crippen LogP contribution >= 0.6 is 0 Å². The van der Waals surface area contributed by atoms with Gasteiger partial charge in [-0.25, -0.2) is 0 Å². The van der Waals surface area contributed by atoms with Gasteiger partial charge in [0, 0.05) is 12.4 Å². The number of aliphatic carboxylic acids is 1. The lowest BCUT2D eigenvalue weighted by atomic mass is 10.1. The molecule has 4 nitrogen and oxygen atoms in total. The Kier molecular flexibility index (Phi) is 1.80. The maximum Gasteiger partial charge on any atom is 0.307 e. The molecular weight excluding hydrogens is 204 g/mol. The molecule has 0 aliphatic heterocycles. The Morgan fingerprint density at radius 1 is 1.56 bits per heavy atom. The van der Waals surface area contributed by atoms with Gasteiger partial charge in [0.05, 0.1) is 17.6 Å². The average molecular weight is 216 g/mol. The van der Waals surface area contributed by atoms with E-state index in [1.165, 1.54) is 0 Å². The molecular formula is C12H12N2O2. The van der Waals surface area contributed by atoms with Crippen molar-refractivity contribution in [1.82, 2.24) is 9.78 Å². The molecule has 1 saturated carbocycles. The lowest BCUT2D eigenvalue weighted by molar-refractivity contribution is -0.138. The molecule has 82 valence electrons. The van der Waals surface area contributed by atoms with E-state index in [0.717, 1.165) is 22.9 Å². The first-order chi connectivity index (χ1) is 7.66. The first-order valence-electron chi connectivity index (χ1n) is 5.31. The minimum absolute atomic E-state index is 0.189. The number of fused-ring (bicyclic) bond motifs is 1. The normalized spacial score (nSPS) is 23.6. The number of aryl methyl sites for hydroxylation is 1. The smallest absolute Gasteiger partial charge is 0.307 e. The van der Waals surface area contributed by atoms with Crippen molar-refractivity contribution in [2.45, 2.75) is 12.3 Å². The maximum absolute atomic E-state index is 10.8. The minimum Gasteiger partial charge on any atom is -0.481 e. The van der Waals surface area contributed by atoms with Crippen LogP contribution in [-0.4, -0.2) is 20.9 Å². The summed E-state index contributed by atoms with van der Waals surface area (Å²) in [5, 5.41) is 14.2. The highest BCUT2D eigenvalue weighted by Gasteiger charge is 2.44. The van der Waals surface area contributed by atoms with Gasteiger partial charge in [-0.3, -0.25) is 9.48 Å². The molecule has 1 aliphatic carbocycles. The molecule has 16 heavy (non-hydrogen) atoms. The Morgan fingerprint density at radius 2 is 2.38 bits per heavy atom. The quantitative estimate of drug-likeness (QED) is 0.832. The summed E-state index contributed by atoms with van der Waals surface area (Å²) in [6.45, 7) is 0. The summed E-state index contributed by atoms with van der Waals surface area (Å²) in [6, 6.07) is 6.07. The zero-order valence-electron chi connectivity index (χ0n) is 8.92. The van der Waals surface area contributed by atoms with Crippen LogP contribution in [0.2, 0.25) is 0 Å². The topological polar surface area (TPSA) is 55.1 Å². The Morgan fingerprint density at radius 3 is 3.06 bits per heavy atom. The minimum atomic E-state index is -0.685. The van der Waals surface area contributed by atoms with Crippen LogP contribution in [0.5, 0.6) is 0 Å². The van der Waals surface area contributed by atoms with Gasteiger partial charge < -0.3 is 5.11 Å². The molecule has 1 N–H and O–H groups in total. The molecule has 0 radical (unpaired) electrons. The van der Waals surface area contributed by atoms with Gasteiger partial charge >= 0.3 is 5.97 Å². The van der Waals surface area contributed by atoms with Crippen LogP contribution in [0.15, 0.2) is 24.4 Å². The number of hydrogen-bond acceptors (Lipinski definition) is 2. The fourth-order valence-corrected chi connectivity index (χ4v) is 2.23. The molecule has 3 rings (SSSR count). The van der Waals surface area contributed by atoms with E-state index in [1.807, 2.05) is 30.1 Å². The summed E-state index contributed by atoms with van der Waals surface area (Å²) in [5.41, 5.74) is 2.18. The first-order valence-corrected chi connectivity index (χ1v) is 5.31. The van der Waals surface area contributed by atoms with Crippen molar-refractivity contribution in [2.24, 2.45) is 13.0 Å². The number of hydrogen-bond donors (Lipinski definition) is 1. The molecule has 2 atom stereocenters. The van der Waals surface area contributed by atoms with E-state index in [0.29, 0.717) is 0 Å². The Bertz CT molecular complexity index is 573. The zero-order valence-corrected chi connectivity index (χ0v) is 8.92. The predicted molar refractivity (Wildman–Crippen MR) is 59.2 cm³/mol. The van der Waals surface area contributed by atoms with E-state index in [2.05, 4.69) is 11.2 Å². The van der Waals surface area contributed by atoms with Gasteiger partial charge in [-0.05, 0) is 24.0 Å². The highest BCUT2D eigenvalue weighted by Crippen LogP contribution is 2.47. The van der Waals surface area contributed by atoms with E-state index in [-0.39, 0.29) is 11.8 Å². The third kappa shape index (κ3) is 1.30. The number of aromatic nitrogens is 2. The highest BCUT2D eigenvalue weighted by atomic mass is 16.4. The second kappa shape index (κ2) is 3.07. The molecule has 1 aromatic heterocycles. The largest absolute Gasteiger partial charge is 0.481 e. The van der Waals surface area contributed by atoms with Crippen molar-refractivity contribution in [1.29, 1.82) is 0 Å². The van der Waals surface area contributed by atoms with Crippen molar-refractivity contribution in [3.63, 3.8) is 0 Å². The molecule has 4 heteroatoms. The molecule has 1 aliphatic rings. The molecule has 1 aromatic carbocycles. The maximum atomic E-state index is 10.8. The van der Waals surface area contributed by atoms with Crippen molar-refractivity contribution < 1.29 is 9.90 Å². The standard InChI is InChI=1S/C12H12N2O2/c1-14-11-4-7(2-3-8(11)6-13-14)9-5-10(9)12(15)16/h2-4,6,9-10H,5H2,1H3,(H,15,16)/t9-,10+/m0/s1. The number of nitrogens with zero attached hydrogens (tertiary/aromatic N) is 2. The second-order valence-electron chi connectivity index (χ2n) is 4.37. The summed E-state index contributed by atoms with van der Waals surface area (Å²) >= 11 is 0.